The van der Waals surface area contributed by atoms with Crippen molar-refractivity contribution in [1.82, 2.24) is 9.55 Å². The Morgan fingerprint density at radius 1 is 1.38 bits per heavy atom. The van der Waals surface area contributed by atoms with E-state index in [9.17, 15) is 14.7 Å². The van der Waals surface area contributed by atoms with Crippen LogP contribution in [0.4, 0.5) is 0 Å². The maximum absolute atomic E-state index is 12.3. The quantitative estimate of drug-likeness (QED) is 0.637. The van der Waals surface area contributed by atoms with Crippen molar-refractivity contribution in [1.29, 1.82) is 0 Å². The van der Waals surface area contributed by atoms with Crippen LogP contribution in [-0.4, -0.2) is 39.9 Å². The Hall–Kier alpha value is -2.71. The van der Waals surface area contributed by atoms with E-state index >= 15 is 0 Å². The predicted molar refractivity (Wildman–Crippen MR) is 97.8 cm³/mol. The number of aliphatic hydroxyl groups is 1. The second-order valence-electron chi connectivity index (χ2n) is 5.55. The van der Waals surface area contributed by atoms with Gasteiger partial charge in [-0.1, -0.05) is 6.07 Å². The van der Waals surface area contributed by atoms with E-state index in [2.05, 4.69) is 4.98 Å². The summed E-state index contributed by atoms with van der Waals surface area (Å²) in [5.74, 6) is 0.00792. The van der Waals surface area contributed by atoms with Gasteiger partial charge in [0, 0.05) is 0 Å². The first-order chi connectivity index (χ1) is 12.6. The van der Waals surface area contributed by atoms with Crippen molar-refractivity contribution in [3.63, 3.8) is 0 Å². The average molecular weight is 374 g/mol. The molecule has 0 spiro atoms. The Morgan fingerprint density at radius 3 is 3.04 bits per heavy atom. The number of nitrogens with zero attached hydrogens (tertiary/aromatic N) is 2. The van der Waals surface area contributed by atoms with Gasteiger partial charge in [0.25, 0.3) is 5.56 Å². The number of ether oxygens (including phenoxy) is 2. The molecule has 0 amide bonds. The van der Waals surface area contributed by atoms with Crippen LogP contribution in [0.5, 0.6) is 5.75 Å². The Balaban J connectivity index is 1.62. The van der Waals surface area contributed by atoms with Gasteiger partial charge >= 0.3 is 5.97 Å². The standard InChI is InChI=1S/C18H18N2O5S/c1-2-24-18(23)12-4-3-5-14(8-12)25-10-13(21)9-20-11-19-16-15(17(20)22)6-7-26-16/h3-8,11,13,21H,2,9-10H2,1H3/t13-/m1/s1. The van der Waals surface area contributed by atoms with Crippen molar-refractivity contribution in [3.05, 3.63) is 58.0 Å². The molecule has 1 aromatic carbocycles. The largest absolute Gasteiger partial charge is 0.491 e. The zero-order valence-corrected chi connectivity index (χ0v) is 14.9. The number of rotatable bonds is 7. The van der Waals surface area contributed by atoms with Crippen molar-refractivity contribution in [2.24, 2.45) is 0 Å². The highest BCUT2D eigenvalue weighted by molar-refractivity contribution is 7.16. The number of carbonyl (C=O) groups excluding carboxylic acids is 1. The molecule has 7 nitrogen and oxygen atoms in total. The summed E-state index contributed by atoms with van der Waals surface area (Å²) in [5, 5.41) is 12.5. The summed E-state index contributed by atoms with van der Waals surface area (Å²) in [4.78, 5) is 28.9. The fourth-order valence-electron chi connectivity index (χ4n) is 2.42. The summed E-state index contributed by atoms with van der Waals surface area (Å²) in [7, 11) is 0. The first-order valence-electron chi connectivity index (χ1n) is 8.09. The number of thiophene rings is 1. The third-order valence-corrected chi connectivity index (χ3v) is 4.47. The van der Waals surface area contributed by atoms with E-state index in [4.69, 9.17) is 9.47 Å². The van der Waals surface area contributed by atoms with Crippen LogP contribution in [0.25, 0.3) is 10.2 Å². The summed E-state index contributed by atoms with van der Waals surface area (Å²) < 4.78 is 11.8. The first-order valence-corrected chi connectivity index (χ1v) is 8.97. The minimum atomic E-state index is -0.906. The van der Waals surface area contributed by atoms with Crippen molar-refractivity contribution in [2.45, 2.75) is 19.6 Å². The van der Waals surface area contributed by atoms with Gasteiger partial charge in [-0.05, 0) is 36.6 Å². The minimum Gasteiger partial charge on any atom is -0.491 e. The van der Waals surface area contributed by atoms with Crippen LogP contribution >= 0.6 is 11.3 Å². The van der Waals surface area contributed by atoms with Crippen LogP contribution in [0.15, 0.2) is 46.8 Å². The molecule has 1 N–H and O–H groups in total. The van der Waals surface area contributed by atoms with Crippen molar-refractivity contribution >= 4 is 27.5 Å². The van der Waals surface area contributed by atoms with E-state index in [1.807, 2.05) is 0 Å². The van der Waals surface area contributed by atoms with E-state index in [-0.39, 0.29) is 18.7 Å². The maximum Gasteiger partial charge on any atom is 0.338 e. The van der Waals surface area contributed by atoms with Gasteiger partial charge in [0.1, 0.15) is 23.3 Å². The molecule has 0 saturated carbocycles. The summed E-state index contributed by atoms with van der Waals surface area (Å²) in [6, 6.07) is 8.25. The van der Waals surface area contributed by atoms with E-state index in [1.165, 1.54) is 22.2 Å². The average Bonchev–Trinajstić information content (AvgIpc) is 3.12. The Morgan fingerprint density at radius 2 is 2.23 bits per heavy atom. The van der Waals surface area contributed by atoms with Crippen LogP contribution < -0.4 is 10.3 Å². The maximum atomic E-state index is 12.3. The SMILES string of the molecule is CCOC(=O)c1cccc(OC[C@H](O)Cn2cnc3sccc3c2=O)c1. The summed E-state index contributed by atoms with van der Waals surface area (Å²) in [6.07, 6.45) is 0.517. The monoisotopic (exact) mass is 374 g/mol. The number of hydrogen-bond acceptors (Lipinski definition) is 7. The van der Waals surface area contributed by atoms with Gasteiger partial charge in [0.15, 0.2) is 0 Å². The van der Waals surface area contributed by atoms with E-state index in [0.29, 0.717) is 28.1 Å². The molecule has 0 fully saturated rings. The first kappa shape index (κ1) is 18.1. The van der Waals surface area contributed by atoms with Crippen LogP contribution in [0.1, 0.15) is 17.3 Å². The molecule has 2 aromatic heterocycles. The lowest BCUT2D eigenvalue weighted by Crippen LogP contribution is -2.30. The van der Waals surface area contributed by atoms with Gasteiger partial charge in [-0.2, -0.15) is 0 Å². The van der Waals surface area contributed by atoms with E-state index in [0.717, 1.165) is 0 Å². The van der Waals surface area contributed by atoms with Crippen LogP contribution in [0.2, 0.25) is 0 Å². The number of fused-ring (bicyclic) bond motifs is 1. The molecule has 1 atom stereocenters. The molecule has 0 unspecified atom stereocenters. The van der Waals surface area contributed by atoms with Crippen LogP contribution in [0.3, 0.4) is 0 Å². The molecule has 2 heterocycles. The molecule has 3 aromatic rings. The fraction of sp³-hybridized carbons (Fsp3) is 0.278. The van der Waals surface area contributed by atoms with Crippen molar-refractivity contribution in [3.8, 4) is 5.75 Å². The highest BCUT2D eigenvalue weighted by atomic mass is 32.1. The lowest BCUT2D eigenvalue weighted by Gasteiger charge is -2.14. The molecule has 0 aliphatic rings. The smallest absolute Gasteiger partial charge is 0.338 e. The van der Waals surface area contributed by atoms with E-state index < -0.39 is 12.1 Å². The third kappa shape index (κ3) is 4.09. The summed E-state index contributed by atoms with van der Waals surface area (Å²) >= 11 is 1.39. The molecule has 0 radical (unpaired) electrons. The number of esters is 1. The second-order valence-corrected chi connectivity index (χ2v) is 6.45. The van der Waals surface area contributed by atoms with E-state index in [1.54, 1.807) is 42.6 Å². The van der Waals surface area contributed by atoms with Gasteiger partial charge < -0.3 is 14.6 Å². The molecule has 3 rings (SSSR count). The molecule has 136 valence electrons. The number of carbonyl (C=O) groups is 1. The normalized spacial score (nSPS) is 12.1. The fourth-order valence-corrected chi connectivity index (χ4v) is 3.15. The molecule has 26 heavy (non-hydrogen) atoms. The molecule has 0 aliphatic carbocycles. The zero-order chi connectivity index (χ0) is 18.5. The Kier molecular flexibility index (Phi) is 5.65. The van der Waals surface area contributed by atoms with Crippen molar-refractivity contribution < 1.29 is 19.4 Å². The van der Waals surface area contributed by atoms with Gasteiger partial charge in [0.05, 0.1) is 30.4 Å². The Bertz CT molecular complexity index is 965. The lowest BCUT2D eigenvalue weighted by atomic mass is 10.2. The highest BCUT2D eigenvalue weighted by Crippen LogP contribution is 2.15. The number of benzene rings is 1. The summed E-state index contributed by atoms with van der Waals surface area (Å²) in [5.41, 5.74) is 0.182. The molecule has 0 saturated heterocycles. The lowest BCUT2D eigenvalue weighted by molar-refractivity contribution is 0.0525. The van der Waals surface area contributed by atoms with Gasteiger partial charge in [-0.25, -0.2) is 9.78 Å². The van der Waals surface area contributed by atoms with Crippen molar-refractivity contribution in [2.75, 3.05) is 13.2 Å². The topological polar surface area (TPSA) is 90.7 Å². The van der Waals surface area contributed by atoms with Gasteiger partial charge in [0.2, 0.25) is 0 Å². The van der Waals surface area contributed by atoms with Crippen LogP contribution in [0, 0.1) is 0 Å². The molecular weight excluding hydrogens is 356 g/mol. The molecular formula is C18H18N2O5S. The summed E-state index contributed by atoms with van der Waals surface area (Å²) in [6.45, 7) is 2.06. The number of aromatic nitrogens is 2. The molecule has 0 bridgehead atoms. The van der Waals surface area contributed by atoms with Gasteiger partial charge in [-0.15, -0.1) is 11.3 Å². The molecule has 0 aliphatic heterocycles. The van der Waals surface area contributed by atoms with Crippen LogP contribution in [-0.2, 0) is 11.3 Å². The second kappa shape index (κ2) is 8.11. The molecule has 8 heteroatoms. The minimum absolute atomic E-state index is 0.0274. The number of hydrogen-bond donors (Lipinski definition) is 1. The third-order valence-electron chi connectivity index (χ3n) is 3.65. The predicted octanol–water partition coefficient (Wildman–Crippen LogP) is 2.07. The highest BCUT2D eigenvalue weighted by Gasteiger charge is 2.12. The Labute approximate surface area is 153 Å². The number of aliphatic hydroxyl groups excluding tert-OH is 1. The zero-order valence-electron chi connectivity index (χ0n) is 14.1. The van der Waals surface area contributed by atoms with Gasteiger partial charge in [-0.3, -0.25) is 9.36 Å².